The van der Waals surface area contributed by atoms with Crippen LogP contribution in [0.1, 0.15) is 32.1 Å². The van der Waals surface area contributed by atoms with Gasteiger partial charge in [0, 0.05) is 6.04 Å². The van der Waals surface area contributed by atoms with Crippen LogP contribution in [0.15, 0.2) is 0 Å². The van der Waals surface area contributed by atoms with Crippen molar-refractivity contribution in [1.82, 2.24) is 5.43 Å². The van der Waals surface area contributed by atoms with Crippen molar-refractivity contribution in [3.63, 3.8) is 0 Å². The standard InChI is InChI=1S/C6H14N2.3ClH/c7-8-6-4-2-1-3-5-6;;;/h6,8H,1-5,7H2;3*1H. The second-order valence-corrected chi connectivity index (χ2v) is 2.50. The molecule has 2 nitrogen and oxygen atoms in total. The third-order valence-electron chi connectivity index (χ3n) is 1.84. The Balaban J connectivity index is -0.000000213. The number of hydrogen-bond donors (Lipinski definition) is 2. The van der Waals surface area contributed by atoms with Gasteiger partial charge in [0.1, 0.15) is 0 Å². The van der Waals surface area contributed by atoms with Gasteiger partial charge < -0.3 is 0 Å². The Hall–Kier alpha value is 0.790. The highest BCUT2D eigenvalue weighted by Crippen LogP contribution is 2.16. The zero-order chi connectivity index (χ0) is 5.82. The first kappa shape index (κ1) is 17.8. The summed E-state index contributed by atoms with van der Waals surface area (Å²) < 4.78 is 0. The SMILES string of the molecule is Cl.Cl.Cl.NNC1CCCCC1. The van der Waals surface area contributed by atoms with Crippen molar-refractivity contribution in [2.75, 3.05) is 0 Å². The molecule has 0 atom stereocenters. The highest BCUT2D eigenvalue weighted by Gasteiger charge is 2.09. The predicted molar refractivity (Wildman–Crippen MR) is 55.9 cm³/mol. The van der Waals surface area contributed by atoms with Crippen molar-refractivity contribution in [2.24, 2.45) is 5.84 Å². The summed E-state index contributed by atoms with van der Waals surface area (Å²) in [5, 5.41) is 0. The Bertz CT molecular complexity index is 66.8. The van der Waals surface area contributed by atoms with E-state index in [1.54, 1.807) is 0 Å². The second kappa shape index (κ2) is 10.8. The van der Waals surface area contributed by atoms with Crippen LogP contribution in [0.3, 0.4) is 0 Å². The van der Waals surface area contributed by atoms with E-state index in [-0.39, 0.29) is 37.2 Å². The van der Waals surface area contributed by atoms with Crippen molar-refractivity contribution in [1.29, 1.82) is 0 Å². The van der Waals surface area contributed by atoms with E-state index in [1.807, 2.05) is 0 Å². The molecule has 0 heterocycles. The second-order valence-electron chi connectivity index (χ2n) is 2.50. The number of hydrogen-bond acceptors (Lipinski definition) is 2. The molecule has 3 N–H and O–H groups in total. The van der Waals surface area contributed by atoms with Crippen LogP contribution in [-0.4, -0.2) is 6.04 Å². The largest absolute Gasteiger partial charge is 0.271 e. The predicted octanol–water partition coefficient (Wildman–Crippen LogP) is 2.05. The molecule has 5 heteroatoms. The van der Waals surface area contributed by atoms with Crippen molar-refractivity contribution < 1.29 is 0 Å². The molecule has 0 aromatic rings. The average molecular weight is 224 g/mol. The lowest BCUT2D eigenvalue weighted by Gasteiger charge is -2.19. The van der Waals surface area contributed by atoms with Gasteiger partial charge in [-0.05, 0) is 12.8 Å². The lowest BCUT2D eigenvalue weighted by Crippen LogP contribution is -2.36. The van der Waals surface area contributed by atoms with Gasteiger partial charge >= 0.3 is 0 Å². The lowest BCUT2D eigenvalue weighted by atomic mass is 9.96. The Morgan fingerprint density at radius 2 is 1.36 bits per heavy atom. The van der Waals surface area contributed by atoms with Crippen molar-refractivity contribution in [3.05, 3.63) is 0 Å². The van der Waals surface area contributed by atoms with E-state index in [9.17, 15) is 0 Å². The van der Waals surface area contributed by atoms with Crippen LogP contribution in [0.25, 0.3) is 0 Å². The summed E-state index contributed by atoms with van der Waals surface area (Å²) in [6, 6.07) is 0.615. The Morgan fingerprint density at radius 1 is 0.909 bits per heavy atom. The highest BCUT2D eigenvalue weighted by molar-refractivity contribution is 5.86. The molecule has 72 valence electrons. The first-order valence-corrected chi connectivity index (χ1v) is 3.39. The van der Waals surface area contributed by atoms with Crippen LogP contribution in [0.5, 0.6) is 0 Å². The maximum atomic E-state index is 5.25. The zero-order valence-corrected chi connectivity index (χ0v) is 8.86. The maximum Gasteiger partial charge on any atom is 0.0210 e. The molecule has 0 saturated heterocycles. The summed E-state index contributed by atoms with van der Waals surface area (Å²) in [5.74, 6) is 5.25. The summed E-state index contributed by atoms with van der Waals surface area (Å²) in [7, 11) is 0. The van der Waals surface area contributed by atoms with Gasteiger partial charge in [0.2, 0.25) is 0 Å². The fourth-order valence-corrected chi connectivity index (χ4v) is 1.27. The third-order valence-corrected chi connectivity index (χ3v) is 1.84. The quantitative estimate of drug-likeness (QED) is 0.527. The van der Waals surface area contributed by atoms with E-state index >= 15 is 0 Å². The molecule has 0 aromatic carbocycles. The number of nitrogens with one attached hydrogen (secondary N) is 1. The van der Waals surface area contributed by atoms with Gasteiger partial charge in [-0.1, -0.05) is 19.3 Å². The minimum absolute atomic E-state index is 0. The Kier molecular flexibility index (Phi) is 17.4. The molecule has 1 aliphatic rings. The van der Waals surface area contributed by atoms with Crippen LogP contribution in [0.4, 0.5) is 0 Å². The lowest BCUT2D eigenvalue weighted by molar-refractivity contribution is 0.379. The summed E-state index contributed by atoms with van der Waals surface area (Å²) in [6.45, 7) is 0. The highest BCUT2D eigenvalue weighted by atomic mass is 35.5. The first-order valence-electron chi connectivity index (χ1n) is 3.39. The molecule has 0 unspecified atom stereocenters. The van der Waals surface area contributed by atoms with Crippen LogP contribution in [0, 0.1) is 0 Å². The zero-order valence-electron chi connectivity index (χ0n) is 6.41. The summed E-state index contributed by atoms with van der Waals surface area (Å²) in [4.78, 5) is 0. The number of hydrazine groups is 1. The molecule has 0 aromatic heterocycles. The molecule has 0 spiro atoms. The van der Waals surface area contributed by atoms with Crippen molar-refractivity contribution in [2.45, 2.75) is 38.1 Å². The molecule has 1 rings (SSSR count). The van der Waals surface area contributed by atoms with E-state index in [2.05, 4.69) is 5.43 Å². The molecule has 0 aliphatic heterocycles. The van der Waals surface area contributed by atoms with Crippen LogP contribution >= 0.6 is 37.2 Å². The van der Waals surface area contributed by atoms with E-state index in [0.29, 0.717) is 6.04 Å². The van der Waals surface area contributed by atoms with E-state index in [1.165, 1.54) is 32.1 Å². The topological polar surface area (TPSA) is 38.0 Å². The fraction of sp³-hybridized carbons (Fsp3) is 1.00. The number of halogens is 3. The minimum atomic E-state index is 0. The molecule has 1 saturated carbocycles. The van der Waals surface area contributed by atoms with E-state index in [4.69, 9.17) is 5.84 Å². The molecule has 1 aliphatic carbocycles. The van der Waals surface area contributed by atoms with Crippen LogP contribution in [0.2, 0.25) is 0 Å². The van der Waals surface area contributed by atoms with Gasteiger partial charge in [-0.15, -0.1) is 37.2 Å². The van der Waals surface area contributed by atoms with Gasteiger partial charge in [-0.3, -0.25) is 11.3 Å². The van der Waals surface area contributed by atoms with Crippen molar-refractivity contribution in [3.8, 4) is 0 Å². The van der Waals surface area contributed by atoms with Crippen LogP contribution in [-0.2, 0) is 0 Å². The molecule has 0 bridgehead atoms. The molecule has 0 amide bonds. The van der Waals surface area contributed by atoms with Gasteiger partial charge in [0.15, 0.2) is 0 Å². The first-order chi connectivity index (χ1) is 3.93. The Morgan fingerprint density at radius 3 is 1.64 bits per heavy atom. The smallest absolute Gasteiger partial charge is 0.0210 e. The summed E-state index contributed by atoms with van der Waals surface area (Å²) in [6.07, 6.45) is 6.66. The maximum absolute atomic E-state index is 5.25. The van der Waals surface area contributed by atoms with E-state index in [0.717, 1.165) is 0 Å². The van der Waals surface area contributed by atoms with Crippen molar-refractivity contribution >= 4 is 37.2 Å². The molecular formula is C6H17Cl3N2. The molecule has 1 fully saturated rings. The van der Waals surface area contributed by atoms with E-state index < -0.39 is 0 Å². The molecular weight excluding hydrogens is 206 g/mol. The fourth-order valence-electron chi connectivity index (χ4n) is 1.27. The number of rotatable bonds is 1. The minimum Gasteiger partial charge on any atom is -0.271 e. The van der Waals surface area contributed by atoms with Gasteiger partial charge in [-0.25, -0.2) is 0 Å². The molecule has 11 heavy (non-hydrogen) atoms. The monoisotopic (exact) mass is 222 g/mol. The van der Waals surface area contributed by atoms with Gasteiger partial charge in [0.25, 0.3) is 0 Å². The summed E-state index contributed by atoms with van der Waals surface area (Å²) in [5.41, 5.74) is 2.80. The summed E-state index contributed by atoms with van der Waals surface area (Å²) >= 11 is 0. The third kappa shape index (κ3) is 7.16. The van der Waals surface area contributed by atoms with Gasteiger partial charge in [0.05, 0.1) is 0 Å². The normalized spacial score (nSPS) is 17.2. The number of nitrogens with two attached hydrogens (primary N) is 1. The van der Waals surface area contributed by atoms with Crippen LogP contribution < -0.4 is 11.3 Å². The van der Waals surface area contributed by atoms with Gasteiger partial charge in [-0.2, -0.15) is 0 Å². The Labute approximate surface area is 86.9 Å². The molecule has 0 radical (unpaired) electrons. The average Bonchev–Trinajstić information content (AvgIpc) is 1.90.